The third-order valence-corrected chi connectivity index (χ3v) is 2.77. The van der Waals surface area contributed by atoms with Gasteiger partial charge in [-0.15, -0.1) is 0 Å². The molecule has 0 saturated heterocycles. The number of halogens is 1. The molecular formula is C13H13FN2O2. The predicted molar refractivity (Wildman–Crippen MR) is 65.6 cm³/mol. The highest BCUT2D eigenvalue weighted by Gasteiger charge is 2.11. The topological polar surface area (TPSA) is 62.2 Å². The second-order valence-electron chi connectivity index (χ2n) is 4.05. The smallest absolute Gasteiger partial charge is 0.320 e. The van der Waals surface area contributed by atoms with Crippen LogP contribution in [-0.4, -0.2) is 22.1 Å². The molecule has 2 aromatic rings. The highest BCUT2D eigenvalue weighted by molar-refractivity contribution is 5.82. The summed E-state index contributed by atoms with van der Waals surface area (Å²) in [6, 6.07) is 5.65. The van der Waals surface area contributed by atoms with E-state index >= 15 is 0 Å². The lowest BCUT2D eigenvalue weighted by atomic mass is 10.1. The molecule has 0 aliphatic heterocycles. The van der Waals surface area contributed by atoms with Gasteiger partial charge in [0.1, 0.15) is 11.9 Å². The van der Waals surface area contributed by atoms with Crippen LogP contribution in [0.3, 0.4) is 0 Å². The number of fused-ring (bicyclic) bond motifs is 1. The van der Waals surface area contributed by atoms with Gasteiger partial charge in [-0.3, -0.25) is 9.78 Å². The minimum absolute atomic E-state index is 0.326. The third-order valence-electron chi connectivity index (χ3n) is 2.77. The highest BCUT2D eigenvalue weighted by atomic mass is 19.1. The Balaban J connectivity index is 2.29. The second kappa shape index (κ2) is 5.10. The summed E-state index contributed by atoms with van der Waals surface area (Å²) in [4.78, 5) is 14.8. The van der Waals surface area contributed by atoms with Crippen LogP contribution in [0.1, 0.15) is 12.5 Å². The van der Waals surface area contributed by atoms with Gasteiger partial charge in [-0.05, 0) is 30.7 Å². The number of nitrogens with one attached hydrogen (secondary N) is 1. The maximum absolute atomic E-state index is 13.5. The number of pyridine rings is 1. The van der Waals surface area contributed by atoms with Gasteiger partial charge in [0, 0.05) is 18.1 Å². The SMILES string of the molecule is C[C@H](NCc1ccc(F)c2cccnc12)C(=O)O. The van der Waals surface area contributed by atoms with Crippen LogP contribution in [0.25, 0.3) is 10.9 Å². The molecule has 4 nitrogen and oxygen atoms in total. The Morgan fingerprint density at radius 2 is 2.28 bits per heavy atom. The summed E-state index contributed by atoms with van der Waals surface area (Å²) in [5, 5.41) is 12.1. The number of carboxylic acids is 1. The fourth-order valence-electron chi connectivity index (χ4n) is 1.69. The van der Waals surface area contributed by atoms with Gasteiger partial charge >= 0.3 is 5.97 Å². The van der Waals surface area contributed by atoms with E-state index in [0.29, 0.717) is 17.4 Å². The van der Waals surface area contributed by atoms with Crippen LogP contribution in [0.4, 0.5) is 4.39 Å². The zero-order chi connectivity index (χ0) is 13.1. The molecule has 0 unspecified atom stereocenters. The van der Waals surface area contributed by atoms with E-state index < -0.39 is 12.0 Å². The van der Waals surface area contributed by atoms with Gasteiger partial charge in [0.25, 0.3) is 0 Å². The van der Waals surface area contributed by atoms with Crippen molar-refractivity contribution in [3.8, 4) is 0 Å². The van der Waals surface area contributed by atoms with Crippen LogP contribution < -0.4 is 5.32 Å². The van der Waals surface area contributed by atoms with Crippen molar-refractivity contribution in [2.45, 2.75) is 19.5 Å². The fraction of sp³-hybridized carbons (Fsp3) is 0.231. The Labute approximate surface area is 103 Å². The van der Waals surface area contributed by atoms with Crippen molar-refractivity contribution < 1.29 is 14.3 Å². The Morgan fingerprint density at radius 1 is 1.50 bits per heavy atom. The molecule has 94 valence electrons. The van der Waals surface area contributed by atoms with E-state index in [1.165, 1.54) is 6.07 Å². The Kier molecular flexibility index (Phi) is 3.53. The van der Waals surface area contributed by atoms with E-state index in [4.69, 9.17) is 5.11 Å². The molecule has 5 heteroatoms. The van der Waals surface area contributed by atoms with Crippen molar-refractivity contribution >= 4 is 16.9 Å². The first-order valence-electron chi connectivity index (χ1n) is 5.58. The first-order valence-corrected chi connectivity index (χ1v) is 5.58. The van der Waals surface area contributed by atoms with E-state index in [9.17, 15) is 9.18 Å². The minimum atomic E-state index is -0.922. The van der Waals surface area contributed by atoms with E-state index in [1.807, 2.05) is 0 Å². The molecule has 1 atom stereocenters. The van der Waals surface area contributed by atoms with Gasteiger partial charge in [-0.2, -0.15) is 0 Å². The largest absolute Gasteiger partial charge is 0.480 e. The van der Waals surface area contributed by atoms with Crippen molar-refractivity contribution in [3.63, 3.8) is 0 Å². The Morgan fingerprint density at radius 3 is 3.00 bits per heavy atom. The molecule has 1 aromatic heterocycles. The summed E-state index contributed by atoms with van der Waals surface area (Å²) in [5.74, 6) is -1.25. The minimum Gasteiger partial charge on any atom is -0.480 e. The summed E-state index contributed by atoms with van der Waals surface area (Å²) in [5.41, 5.74) is 1.34. The molecule has 0 spiro atoms. The van der Waals surface area contributed by atoms with Crippen LogP contribution in [0.15, 0.2) is 30.5 Å². The zero-order valence-electron chi connectivity index (χ0n) is 9.85. The van der Waals surface area contributed by atoms with Crippen LogP contribution in [0.2, 0.25) is 0 Å². The number of carboxylic acid groups (broad SMARTS) is 1. The van der Waals surface area contributed by atoms with Crippen LogP contribution in [0.5, 0.6) is 0 Å². The second-order valence-corrected chi connectivity index (χ2v) is 4.05. The standard InChI is InChI=1S/C13H13FN2O2/c1-8(13(17)18)16-7-9-4-5-11(14)10-3-2-6-15-12(9)10/h2-6,8,16H,7H2,1H3,(H,17,18)/t8-/m0/s1. The summed E-state index contributed by atoms with van der Waals surface area (Å²) in [7, 11) is 0. The van der Waals surface area contributed by atoms with Crippen molar-refractivity contribution in [1.29, 1.82) is 0 Å². The van der Waals surface area contributed by atoms with Gasteiger partial charge in [-0.25, -0.2) is 4.39 Å². The molecule has 18 heavy (non-hydrogen) atoms. The van der Waals surface area contributed by atoms with Crippen LogP contribution >= 0.6 is 0 Å². The summed E-state index contributed by atoms with van der Waals surface area (Å²) >= 11 is 0. The third kappa shape index (κ3) is 2.46. The lowest BCUT2D eigenvalue weighted by Gasteiger charge is -2.10. The number of nitrogens with zero attached hydrogens (tertiary/aromatic N) is 1. The van der Waals surface area contributed by atoms with E-state index in [-0.39, 0.29) is 5.82 Å². The molecule has 0 bridgehead atoms. The van der Waals surface area contributed by atoms with Crippen molar-refractivity contribution in [2.75, 3.05) is 0 Å². The molecular weight excluding hydrogens is 235 g/mol. The molecule has 0 saturated carbocycles. The zero-order valence-corrected chi connectivity index (χ0v) is 9.85. The lowest BCUT2D eigenvalue weighted by Crippen LogP contribution is -2.33. The lowest BCUT2D eigenvalue weighted by molar-refractivity contribution is -0.139. The first-order chi connectivity index (χ1) is 8.59. The molecule has 0 aliphatic carbocycles. The van der Waals surface area contributed by atoms with E-state index in [1.54, 1.807) is 31.3 Å². The van der Waals surface area contributed by atoms with Gasteiger partial charge in [-0.1, -0.05) is 6.07 Å². The number of hydrogen-bond acceptors (Lipinski definition) is 3. The van der Waals surface area contributed by atoms with Gasteiger partial charge in [0.15, 0.2) is 0 Å². The van der Waals surface area contributed by atoms with Crippen molar-refractivity contribution in [3.05, 3.63) is 41.8 Å². The molecule has 1 aromatic carbocycles. The maximum atomic E-state index is 13.5. The van der Waals surface area contributed by atoms with Gasteiger partial charge < -0.3 is 10.4 Å². The van der Waals surface area contributed by atoms with E-state index in [0.717, 1.165) is 5.56 Å². The molecule has 1 heterocycles. The number of aliphatic carboxylic acids is 1. The molecule has 0 radical (unpaired) electrons. The van der Waals surface area contributed by atoms with Gasteiger partial charge in [0.05, 0.1) is 5.52 Å². The average Bonchev–Trinajstić information content (AvgIpc) is 2.38. The maximum Gasteiger partial charge on any atom is 0.320 e. The molecule has 0 amide bonds. The number of rotatable bonds is 4. The Hall–Kier alpha value is -2.01. The van der Waals surface area contributed by atoms with Crippen molar-refractivity contribution in [1.82, 2.24) is 10.3 Å². The number of hydrogen-bond donors (Lipinski definition) is 2. The van der Waals surface area contributed by atoms with Crippen LogP contribution in [-0.2, 0) is 11.3 Å². The van der Waals surface area contributed by atoms with Crippen LogP contribution in [0, 0.1) is 5.82 Å². The number of aromatic nitrogens is 1. The first kappa shape index (κ1) is 12.4. The Bertz CT molecular complexity index is 586. The number of benzene rings is 1. The monoisotopic (exact) mass is 248 g/mol. The van der Waals surface area contributed by atoms with Gasteiger partial charge in [0.2, 0.25) is 0 Å². The highest BCUT2D eigenvalue weighted by Crippen LogP contribution is 2.19. The molecule has 2 rings (SSSR count). The molecule has 0 fully saturated rings. The quantitative estimate of drug-likeness (QED) is 0.868. The van der Waals surface area contributed by atoms with Crippen molar-refractivity contribution in [2.24, 2.45) is 0 Å². The van der Waals surface area contributed by atoms with E-state index in [2.05, 4.69) is 10.3 Å². The fourth-order valence-corrected chi connectivity index (χ4v) is 1.69. The predicted octanol–water partition coefficient (Wildman–Crippen LogP) is 1.94. The molecule has 0 aliphatic rings. The normalized spacial score (nSPS) is 12.6. The summed E-state index contributed by atoms with van der Waals surface area (Å²) < 4.78 is 13.5. The average molecular weight is 248 g/mol. The summed E-state index contributed by atoms with van der Waals surface area (Å²) in [6.45, 7) is 1.89. The summed E-state index contributed by atoms with van der Waals surface area (Å²) in [6.07, 6.45) is 1.59. The number of carbonyl (C=O) groups is 1. The molecule has 2 N–H and O–H groups in total.